The third-order valence-electron chi connectivity index (χ3n) is 6.60. The van der Waals surface area contributed by atoms with Gasteiger partial charge in [0.2, 0.25) is 0 Å². The van der Waals surface area contributed by atoms with Crippen molar-refractivity contribution in [2.24, 2.45) is 0 Å². The summed E-state index contributed by atoms with van der Waals surface area (Å²) in [6.45, 7) is 6.42. The molecule has 5 rings (SSSR count). The van der Waals surface area contributed by atoms with Crippen LogP contribution in [-0.4, -0.2) is 18.4 Å². The van der Waals surface area contributed by atoms with E-state index < -0.39 is 11.9 Å². The number of aryl methyl sites for hydroxylation is 1. The van der Waals surface area contributed by atoms with Crippen LogP contribution in [0.5, 0.6) is 5.75 Å². The second kappa shape index (κ2) is 10.6. The van der Waals surface area contributed by atoms with Crippen molar-refractivity contribution in [3.8, 4) is 5.75 Å². The van der Waals surface area contributed by atoms with Gasteiger partial charge in [-0.2, -0.15) is 0 Å². The predicted molar refractivity (Wildman–Crippen MR) is 160 cm³/mol. The van der Waals surface area contributed by atoms with Crippen LogP contribution in [0.1, 0.15) is 52.4 Å². The number of rotatable bonds is 6. The first-order chi connectivity index (χ1) is 17.8. The standard InChI is InChI=1S/C30H25I2NO4/c1-4-36-30(35)24-17(3)33-27-20-7-5-6-8-21(20)28(34)26(27)25(24)19-13-22(31)29(23(32)14-19)37-15-18-11-9-16(2)10-12-18/h5-14,25,33H,4,15H2,1-3H3/t25-/m0/s1. The SMILES string of the molecule is CCOC(=O)C1=C(C)NC2=C(C(=O)c3ccccc32)[C@H]1c1cc(I)c(OCc2ccc(C)cc2)c(I)c1. The summed E-state index contributed by atoms with van der Waals surface area (Å²) in [4.78, 5) is 26.9. The molecule has 0 radical (unpaired) electrons. The molecule has 37 heavy (non-hydrogen) atoms. The fourth-order valence-electron chi connectivity index (χ4n) is 4.87. The Morgan fingerprint density at radius 2 is 1.62 bits per heavy atom. The molecule has 1 aliphatic carbocycles. The van der Waals surface area contributed by atoms with E-state index >= 15 is 0 Å². The number of dihydropyridines is 1. The summed E-state index contributed by atoms with van der Waals surface area (Å²) in [5.74, 6) is -0.254. The van der Waals surface area contributed by atoms with Crippen molar-refractivity contribution in [3.05, 3.63) is 112 Å². The van der Waals surface area contributed by atoms with Crippen molar-refractivity contribution in [2.75, 3.05) is 6.61 Å². The van der Waals surface area contributed by atoms with Crippen LogP contribution < -0.4 is 10.1 Å². The van der Waals surface area contributed by atoms with Crippen molar-refractivity contribution in [1.82, 2.24) is 5.32 Å². The van der Waals surface area contributed by atoms with Crippen molar-refractivity contribution < 1.29 is 19.1 Å². The Morgan fingerprint density at radius 3 is 2.27 bits per heavy atom. The molecular weight excluding hydrogens is 692 g/mol. The van der Waals surface area contributed by atoms with Gasteiger partial charge in [0, 0.05) is 28.3 Å². The minimum atomic E-state index is -0.552. The monoisotopic (exact) mass is 717 g/mol. The maximum Gasteiger partial charge on any atom is 0.336 e. The van der Waals surface area contributed by atoms with E-state index in [1.165, 1.54) is 5.56 Å². The van der Waals surface area contributed by atoms with Crippen LogP contribution >= 0.6 is 45.2 Å². The first-order valence-corrected chi connectivity index (χ1v) is 14.2. The van der Waals surface area contributed by atoms with Crippen LogP contribution in [0, 0.1) is 14.1 Å². The number of benzene rings is 3. The number of hydrogen-bond acceptors (Lipinski definition) is 5. The zero-order chi connectivity index (χ0) is 26.3. The summed E-state index contributed by atoms with van der Waals surface area (Å²) in [6, 6.07) is 19.9. The van der Waals surface area contributed by atoms with Crippen molar-refractivity contribution >= 4 is 62.6 Å². The second-order valence-corrected chi connectivity index (χ2v) is 11.4. The molecule has 5 nitrogen and oxygen atoms in total. The summed E-state index contributed by atoms with van der Waals surface area (Å²) in [6.07, 6.45) is 0. The summed E-state index contributed by atoms with van der Waals surface area (Å²) in [5, 5.41) is 3.35. The summed E-state index contributed by atoms with van der Waals surface area (Å²) >= 11 is 4.54. The lowest BCUT2D eigenvalue weighted by molar-refractivity contribution is -0.138. The Hall–Kier alpha value is -2.66. The Morgan fingerprint density at radius 1 is 0.973 bits per heavy atom. The van der Waals surface area contributed by atoms with E-state index in [2.05, 4.69) is 81.7 Å². The number of fused-ring (bicyclic) bond motifs is 2. The van der Waals surface area contributed by atoms with Crippen LogP contribution in [0.25, 0.3) is 5.70 Å². The van der Waals surface area contributed by atoms with E-state index in [0.717, 1.165) is 35.3 Å². The average Bonchev–Trinajstić information content (AvgIpc) is 3.15. The molecule has 1 atom stereocenters. The van der Waals surface area contributed by atoms with Gasteiger partial charge >= 0.3 is 5.97 Å². The minimum absolute atomic E-state index is 0.0675. The number of ether oxygens (including phenoxy) is 2. The highest BCUT2D eigenvalue weighted by Crippen LogP contribution is 2.48. The van der Waals surface area contributed by atoms with Gasteiger partial charge in [-0.3, -0.25) is 4.79 Å². The zero-order valence-electron chi connectivity index (χ0n) is 20.7. The maximum absolute atomic E-state index is 13.7. The maximum atomic E-state index is 13.7. The molecular formula is C30H25I2NO4. The molecule has 7 heteroatoms. The topological polar surface area (TPSA) is 64.6 Å². The van der Waals surface area contributed by atoms with E-state index in [0.29, 0.717) is 29.0 Å². The molecule has 1 aliphatic heterocycles. The molecule has 188 valence electrons. The molecule has 0 bridgehead atoms. The Balaban J connectivity index is 1.57. The van der Waals surface area contributed by atoms with Gasteiger partial charge in [0.05, 0.1) is 25.0 Å². The molecule has 0 amide bonds. The molecule has 0 saturated heterocycles. The lowest BCUT2D eigenvalue weighted by Crippen LogP contribution is -2.29. The van der Waals surface area contributed by atoms with Gasteiger partial charge in [0.25, 0.3) is 0 Å². The molecule has 0 fully saturated rings. The molecule has 0 saturated carbocycles. The fraction of sp³-hybridized carbons (Fsp3) is 0.200. The highest BCUT2D eigenvalue weighted by Gasteiger charge is 2.43. The van der Waals surface area contributed by atoms with Crippen molar-refractivity contribution in [2.45, 2.75) is 33.3 Å². The first kappa shape index (κ1) is 26.0. The van der Waals surface area contributed by atoms with Gasteiger partial charge in [-0.1, -0.05) is 54.1 Å². The highest BCUT2D eigenvalue weighted by atomic mass is 127. The molecule has 0 aromatic heterocycles. The summed E-state index contributed by atoms with van der Waals surface area (Å²) < 4.78 is 13.5. The van der Waals surface area contributed by atoms with Crippen LogP contribution in [0.15, 0.2) is 77.5 Å². The molecule has 0 unspecified atom stereocenters. The number of nitrogens with one attached hydrogen (secondary N) is 1. The number of carbonyl (C=O) groups excluding carboxylic acids is 2. The quantitative estimate of drug-likeness (QED) is 0.222. The van der Waals surface area contributed by atoms with Crippen molar-refractivity contribution in [3.63, 3.8) is 0 Å². The average molecular weight is 717 g/mol. The Kier molecular flexibility index (Phi) is 7.44. The van der Waals surface area contributed by atoms with Crippen LogP contribution in [-0.2, 0) is 16.1 Å². The number of Topliss-reactive ketones (excluding diaryl/α,β-unsaturated/α-hetero) is 1. The summed E-state index contributed by atoms with van der Waals surface area (Å²) in [7, 11) is 0. The molecule has 2 aliphatic rings. The summed E-state index contributed by atoms with van der Waals surface area (Å²) in [5.41, 5.74) is 7.15. The van der Waals surface area contributed by atoms with E-state index in [4.69, 9.17) is 9.47 Å². The molecule has 1 heterocycles. The third-order valence-corrected chi connectivity index (χ3v) is 8.20. The third kappa shape index (κ3) is 4.83. The number of halogens is 2. The largest absolute Gasteiger partial charge is 0.487 e. The zero-order valence-corrected chi connectivity index (χ0v) is 25.0. The van der Waals surface area contributed by atoms with E-state index in [1.807, 2.05) is 43.3 Å². The van der Waals surface area contributed by atoms with Gasteiger partial charge in [0.15, 0.2) is 5.78 Å². The number of esters is 1. The van der Waals surface area contributed by atoms with Gasteiger partial charge in [-0.15, -0.1) is 0 Å². The van der Waals surface area contributed by atoms with Gasteiger partial charge in [0.1, 0.15) is 12.4 Å². The van der Waals surface area contributed by atoms with E-state index in [9.17, 15) is 9.59 Å². The fourth-order valence-corrected chi connectivity index (χ4v) is 6.99. The second-order valence-electron chi connectivity index (χ2n) is 9.07. The molecule has 3 aromatic rings. The smallest absolute Gasteiger partial charge is 0.336 e. The number of carbonyl (C=O) groups is 2. The van der Waals surface area contributed by atoms with Gasteiger partial charge in [-0.25, -0.2) is 4.79 Å². The normalized spacial score (nSPS) is 16.4. The first-order valence-electron chi connectivity index (χ1n) is 12.0. The number of hydrogen-bond donors (Lipinski definition) is 1. The number of allylic oxidation sites excluding steroid dienone is 2. The molecule has 3 aromatic carbocycles. The number of ketones is 1. The highest BCUT2D eigenvalue weighted by molar-refractivity contribution is 14.1. The lowest BCUT2D eigenvalue weighted by atomic mass is 9.80. The van der Waals surface area contributed by atoms with Crippen molar-refractivity contribution in [1.29, 1.82) is 0 Å². The molecule has 0 spiro atoms. The predicted octanol–water partition coefficient (Wildman–Crippen LogP) is 6.91. The Bertz CT molecular complexity index is 1460. The lowest BCUT2D eigenvalue weighted by Gasteiger charge is -2.29. The van der Waals surface area contributed by atoms with Crippen LogP contribution in [0.3, 0.4) is 0 Å². The minimum Gasteiger partial charge on any atom is -0.487 e. The van der Waals surface area contributed by atoms with Crippen LogP contribution in [0.2, 0.25) is 0 Å². The van der Waals surface area contributed by atoms with E-state index in [-0.39, 0.29) is 12.4 Å². The molecule has 1 N–H and O–H groups in total. The Labute approximate surface area is 243 Å². The van der Waals surface area contributed by atoms with E-state index in [1.54, 1.807) is 6.92 Å². The van der Waals surface area contributed by atoms with Crippen LogP contribution in [0.4, 0.5) is 0 Å². The van der Waals surface area contributed by atoms with Gasteiger partial charge < -0.3 is 14.8 Å². The van der Waals surface area contributed by atoms with Gasteiger partial charge in [-0.05, 0) is 89.2 Å².